The van der Waals surface area contributed by atoms with Crippen molar-refractivity contribution in [2.24, 2.45) is 10.2 Å². The van der Waals surface area contributed by atoms with Gasteiger partial charge in [-0.25, -0.2) is 4.79 Å². The van der Waals surface area contributed by atoms with E-state index in [1.165, 1.54) is 7.11 Å². The van der Waals surface area contributed by atoms with Crippen molar-refractivity contribution in [3.63, 3.8) is 0 Å². The summed E-state index contributed by atoms with van der Waals surface area (Å²) in [5.41, 5.74) is 5.27. The highest BCUT2D eigenvalue weighted by Crippen LogP contribution is 1.96. The van der Waals surface area contributed by atoms with E-state index >= 15 is 0 Å². The van der Waals surface area contributed by atoms with Crippen molar-refractivity contribution in [3.8, 4) is 0 Å². The fraction of sp³-hybridized carbons (Fsp3) is 0.667. The summed E-state index contributed by atoms with van der Waals surface area (Å²) in [7, 11) is 1.23. The highest BCUT2D eigenvalue weighted by molar-refractivity contribution is 6.22. The van der Waals surface area contributed by atoms with Crippen molar-refractivity contribution in [1.82, 2.24) is 0 Å². The molecule has 0 amide bonds. The monoisotopic (exact) mass is 194 g/mol. The van der Waals surface area contributed by atoms with Crippen molar-refractivity contribution in [1.29, 1.82) is 0 Å². The minimum atomic E-state index is -1.00. The average molecular weight is 195 g/mol. The number of ether oxygens (including phenoxy) is 2. The van der Waals surface area contributed by atoms with Gasteiger partial charge in [0.05, 0.1) is 7.11 Å². The number of rotatable bonds is 4. The van der Waals surface area contributed by atoms with Crippen LogP contribution in [-0.4, -0.2) is 31.6 Å². The maximum Gasteiger partial charge on any atom is 0.342 e. The van der Waals surface area contributed by atoms with E-state index in [0.717, 1.165) is 0 Å². The number of hydrogen-bond acceptors (Lipinski definition) is 4. The molecule has 0 bridgehead atoms. The first-order valence-corrected chi connectivity index (χ1v) is 3.64. The third-order valence-corrected chi connectivity index (χ3v) is 1.31. The van der Waals surface area contributed by atoms with Crippen LogP contribution in [0.4, 0.5) is 0 Å². The first kappa shape index (κ1) is 11.2. The SMILES string of the molecule is CCOC(C(=O)OC)C(N)=NCl. The zero-order valence-corrected chi connectivity index (χ0v) is 7.67. The lowest BCUT2D eigenvalue weighted by Crippen LogP contribution is -2.38. The Bertz CT molecular complexity index is 184. The highest BCUT2D eigenvalue weighted by atomic mass is 35.5. The Morgan fingerprint density at radius 3 is 2.67 bits per heavy atom. The highest BCUT2D eigenvalue weighted by Gasteiger charge is 2.23. The maximum absolute atomic E-state index is 10.9. The number of esters is 1. The summed E-state index contributed by atoms with van der Waals surface area (Å²) in [6, 6.07) is 0. The smallest absolute Gasteiger partial charge is 0.342 e. The van der Waals surface area contributed by atoms with Gasteiger partial charge in [0.25, 0.3) is 0 Å². The Balaban J connectivity index is 4.32. The second kappa shape index (κ2) is 5.79. The van der Waals surface area contributed by atoms with Gasteiger partial charge in [0.15, 0.2) is 5.84 Å². The second-order valence-electron chi connectivity index (χ2n) is 1.87. The van der Waals surface area contributed by atoms with Crippen LogP contribution in [0, 0.1) is 0 Å². The summed E-state index contributed by atoms with van der Waals surface area (Å²) in [6.45, 7) is 2.05. The Kier molecular flexibility index (Phi) is 5.40. The minimum Gasteiger partial charge on any atom is -0.467 e. The number of methoxy groups -OCH3 is 1. The third-order valence-electron chi connectivity index (χ3n) is 1.11. The number of amidine groups is 1. The van der Waals surface area contributed by atoms with Gasteiger partial charge in [-0.3, -0.25) is 0 Å². The Labute approximate surface area is 75.6 Å². The molecule has 0 radical (unpaired) electrons. The lowest BCUT2D eigenvalue weighted by atomic mass is 10.3. The zero-order chi connectivity index (χ0) is 9.56. The topological polar surface area (TPSA) is 73.9 Å². The summed E-state index contributed by atoms with van der Waals surface area (Å²) in [6.07, 6.45) is -1.00. The van der Waals surface area contributed by atoms with Crippen molar-refractivity contribution in [2.45, 2.75) is 13.0 Å². The molecule has 0 rings (SSSR count). The molecule has 0 aromatic heterocycles. The van der Waals surface area contributed by atoms with E-state index in [2.05, 4.69) is 9.25 Å². The molecule has 0 heterocycles. The summed E-state index contributed by atoms with van der Waals surface area (Å²) in [4.78, 5) is 10.9. The molecule has 0 spiro atoms. The van der Waals surface area contributed by atoms with E-state index in [9.17, 15) is 4.79 Å². The van der Waals surface area contributed by atoms with Crippen LogP contribution in [-0.2, 0) is 14.3 Å². The summed E-state index contributed by atoms with van der Waals surface area (Å²) in [5, 5.41) is 0. The van der Waals surface area contributed by atoms with Crippen LogP contribution in [0.25, 0.3) is 0 Å². The first-order valence-electron chi connectivity index (χ1n) is 3.31. The minimum absolute atomic E-state index is 0.106. The third kappa shape index (κ3) is 3.06. The molecule has 0 fully saturated rings. The maximum atomic E-state index is 10.9. The molecule has 1 unspecified atom stereocenters. The summed E-state index contributed by atoms with van der Waals surface area (Å²) >= 11 is 5.06. The van der Waals surface area contributed by atoms with Gasteiger partial charge in [-0.05, 0) is 6.92 Å². The predicted octanol–water partition coefficient (Wildman–Crippen LogP) is 0.0755. The molecule has 1 atom stereocenters. The van der Waals surface area contributed by atoms with Crippen LogP contribution < -0.4 is 5.73 Å². The predicted molar refractivity (Wildman–Crippen MR) is 44.9 cm³/mol. The molecule has 2 N–H and O–H groups in total. The number of nitrogens with zero attached hydrogens (tertiary/aromatic N) is 1. The number of carbonyl (C=O) groups excluding carboxylic acids is 1. The molecule has 6 heteroatoms. The molecule has 0 aliphatic rings. The van der Waals surface area contributed by atoms with Gasteiger partial charge in [0.2, 0.25) is 6.10 Å². The Hall–Kier alpha value is -0.810. The van der Waals surface area contributed by atoms with Gasteiger partial charge < -0.3 is 15.2 Å². The van der Waals surface area contributed by atoms with Crippen molar-refractivity contribution < 1.29 is 14.3 Å². The van der Waals surface area contributed by atoms with E-state index in [4.69, 9.17) is 22.2 Å². The summed E-state index contributed by atoms with van der Waals surface area (Å²) in [5.74, 6) is -0.718. The zero-order valence-electron chi connectivity index (χ0n) is 6.91. The van der Waals surface area contributed by atoms with E-state index in [1.54, 1.807) is 6.92 Å². The average Bonchev–Trinajstić information content (AvgIpc) is 2.11. The fourth-order valence-electron chi connectivity index (χ4n) is 0.592. The molecule has 70 valence electrons. The van der Waals surface area contributed by atoms with Gasteiger partial charge in [-0.1, -0.05) is 0 Å². The number of carbonyl (C=O) groups is 1. The lowest BCUT2D eigenvalue weighted by molar-refractivity contribution is -0.149. The van der Waals surface area contributed by atoms with Crippen LogP contribution in [0.3, 0.4) is 0 Å². The van der Waals surface area contributed by atoms with E-state index in [-0.39, 0.29) is 5.84 Å². The number of halogens is 1. The van der Waals surface area contributed by atoms with Crippen molar-refractivity contribution in [2.75, 3.05) is 13.7 Å². The van der Waals surface area contributed by atoms with Gasteiger partial charge in [-0.15, -0.1) is 0 Å². The van der Waals surface area contributed by atoms with Crippen LogP contribution in [0.15, 0.2) is 4.51 Å². The van der Waals surface area contributed by atoms with Gasteiger partial charge in [0, 0.05) is 18.4 Å². The van der Waals surface area contributed by atoms with Crippen molar-refractivity contribution >= 4 is 23.6 Å². The van der Waals surface area contributed by atoms with Gasteiger partial charge in [0.1, 0.15) is 0 Å². The standard InChI is InChI=1S/C6H11ClN2O3/c1-3-12-4(5(8)9-7)6(10)11-2/h4H,3H2,1-2H3,(H2,8,9). The second-order valence-corrected chi connectivity index (χ2v) is 2.04. The Morgan fingerprint density at radius 2 is 2.33 bits per heavy atom. The molecule has 12 heavy (non-hydrogen) atoms. The van der Waals surface area contributed by atoms with Gasteiger partial charge >= 0.3 is 5.97 Å². The molecular formula is C6H11ClN2O3. The Morgan fingerprint density at radius 1 is 1.75 bits per heavy atom. The normalized spacial score (nSPS) is 14.1. The number of nitrogens with two attached hydrogens (primary N) is 1. The molecular weight excluding hydrogens is 184 g/mol. The molecule has 0 aliphatic heterocycles. The largest absolute Gasteiger partial charge is 0.467 e. The molecule has 5 nitrogen and oxygen atoms in total. The van der Waals surface area contributed by atoms with Crippen LogP contribution in [0.1, 0.15) is 6.92 Å². The molecule has 0 aromatic carbocycles. The van der Waals surface area contributed by atoms with Crippen molar-refractivity contribution in [3.05, 3.63) is 0 Å². The lowest BCUT2D eigenvalue weighted by Gasteiger charge is -2.12. The fourth-order valence-corrected chi connectivity index (χ4v) is 0.681. The van der Waals surface area contributed by atoms with E-state index in [1.807, 2.05) is 0 Å². The van der Waals surface area contributed by atoms with Crippen LogP contribution in [0.2, 0.25) is 0 Å². The number of hydrogen-bond donors (Lipinski definition) is 1. The quantitative estimate of drug-likeness (QED) is 0.391. The van der Waals surface area contributed by atoms with Gasteiger partial charge in [-0.2, -0.15) is 4.51 Å². The molecule has 0 aromatic rings. The van der Waals surface area contributed by atoms with Crippen LogP contribution >= 0.6 is 11.8 Å². The molecule has 0 saturated carbocycles. The van der Waals surface area contributed by atoms with E-state index < -0.39 is 12.1 Å². The summed E-state index contributed by atoms with van der Waals surface area (Å²) < 4.78 is 12.5. The van der Waals surface area contributed by atoms with Crippen LogP contribution in [0.5, 0.6) is 0 Å². The molecule has 0 saturated heterocycles. The molecule has 0 aliphatic carbocycles. The first-order chi connectivity index (χ1) is 5.67. The van der Waals surface area contributed by atoms with E-state index in [0.29, 0.717) is 6.61 Å².